The molecule has 0 radical (unpaired) electrons. The van der Waals surface area contributed by atoms with Crippen LogP contribution in [0.15, 0.2) is 35.7 Å². The van der Waals surface area contributed by atoms with E-state index in [0.717, 1.165) is 25.7 Å². The predicted molar refractivity (Wildman–Crippen MR) is 111 cm³/mol. The molecule has 0 bridgehead atoms. The zero-order valence-corrected chi connectivity index (χ0v) is 17.2. The number of ether oxygens (including phenoxy) is 1. The molecule has 4 rings (SSSR count). The lowest BCUT2D eigenvalue weighted by molar-refractivity contribution is -0.156. The minimum Gasteiger partial charge on any atom is -0.451 e. The molecule has 1 aromatic carbocycles. The van der Waals surface area contributed by atoms with Crippen molar-refractivity contribution >= 4 is 34.8 Å². The van der Waals surface area contributed by atoms with Gasteiger partial charge in [-0.2, -0.15) is 0 Å². The van der Waals surface area contributed by atoms with Crippen LogP contribution in [0, 0.1) is 0 Å². The van der Waals surface area contributed by atoms with E-state index in [4.69, 9.17) is 4.74 Å². The summed E-state index contributed by atoms with van der Waals surface area (Å²) in [7, 11) is 0. The van der Waals surface area contributed by atoms with Crippen LogP contribution in [0.3, 0.4) is 0 Å². The summed E-state index contributed by atoms with van der Waals surface area (Å²) in [4.78, 5) is 39.9. The second-order valence-electron chi connectivity index (χ2n) is 7.54. The fourth-order valence-electron chi connectivity index (χ4n) is 4.00. The summed E-state index contributed by atoms with van der Waals surface area (Å²) in [6, 6.07) is 8.84. The van der Waals surface area contributed by atoms with E-state index in [1.165, 1.54) is 22.5 Å². The molecular weight excluding hydrogens is 388 g/mol. The Labute approximate surface area is 173 Å². The van der Waals surface area contributed by atoms with Gasteiger partial charge in [-0.25, -0.2) is 4.79 Å². The average molecular weight is 413 g/mol. The molecule has 1 fully saturated rings. The summed E-state index contributed by atoms with van der Waals surface area (Å²) in [6.45, 7) is 2.08. The van der Waals surface area contributed by atoms with Crippen LogP contribution in [0.2, 0.25) is 0 Å². The Morgan fingerprint density at radius 2 is 2.00 bits per heavy atom. The van der Waals surface area contributed by atoms with Gasteiger partial charge in [0, 0.05) is 12.2 Å². The molecule has 0 saturated carbocycles. The molecule has 2 heterocycles. The lowest BCUT2D eigenvalue weighted by Crippen LogP contribution is -2.43. The van der Waals surface area contributed by atoms with Gasteiger partial charge in [-0.15, -0.1) is 11.3 Å². The van der Waals surface area contributed by atoms with Crippen molar-refractivity contribution < 1.29 is 19.1 Å². The first-order chi connectivity index (χ1) is 14.0. The van der Waals surface area contributed by atoms with Crippen molar-refractivity contribution in [3.8, 4) is 0 Å². The number of fused-ring (bicyclic) bond motifs is 1. The lowest BCUT2D eigenvalue weighted by Gasteiger charge is -2.24. The molecule has 1 saturated heterocycles. The van der Waals surface area contributed by atoms with Gasteiger partial charge in [0.2, 0.25) is 0 Å². The summed E-state index contributed by atoms with van der Waals surface area (Å²) in [5, 5.41) is 4.66. The number of hydrogen-bond acceptors (Lipinski definition) is 5. The van der Waals surface area contributed by atoms with Gasteiger partial charge in [0.15, 0.2) is 6.10 Å². The molecule has 2 aliphatic rings. The number of carbonyl (C=O) groups is 3. The summed E-state index contributed by atoms with van der Waals surface area (Å²) >= 11 is 1.35. The van der Waals surface area contributed by atoms with Crippen LogP contribution in [0.25, 0.3) is 0 Å². The highest BCUT2D eigenvalue weighted by Gasteiger charge is 2.37. The maximum Gasteiger partial charge on any atom is 0.329 e. The van der Waals surface area contributed by atoms with Crippen molar-refractivity contribution in [2.45, 2.75) is 51.2 Å². The Morgan fingerprint density at radius 3 is 2.79 bits per heavy atom. The Bertz CT molecular complexity index is 925. The largest absolute Gasteiger partial charge is 0.451 e. The molecule has 1 N–H and O–H groups in total. The van der Waals surface area contributed by atoms with Gasteiger partial charge in [0.1, 0.15) is 6.04 Å². The van der Waals surface area contributed by atoms with Crippen LogP contribution >= 0.6 is 11.3 Å². The molecule has 1 aromatic heterocycles. The molecule has 29 heavy (non-hydrogen) atoms. The normalized spacial score (nSPS) is 18.9. The van der Waals surface area contributed by atoms with Crippen molar-refractivity contribution in [1.29, 1.82) is 0 Å². The average Bonchev–Trinajstić information content (AvgIpc) is 3.48. The first-order valence-corrected chi connectivity index (χ1v) is 10.9. The summed E-state index contributed by atoms with van der Waals surface area (Å²) < 4.78 is 5.42. The number of nitrogens with zero attached hydrogens (tertiary/aromatic N) is 1. The Balaban J connectivity index is 1.36. The van der Waals surface area contributed by atoms with Gasteiger partial charge in [-0.3, -0.25) is 9.59 Å². The summed E-state index contributed by atoms with van der Waals surface area (Å²) in [5.74, 6) is -1.05. The Kier molecular flexibility index (Phi) is 5.67. The van der Waals surface area contributed by atoms with E-state index in [-0.39, 0.29) is 11.8 Å². The molecule has 1 aliphatic heterocycles. The molecule has 6 nitrogen and oxygen atoms in total. The van der Waals surface area contributed by atoms with Crippen molar-refractivity contribution in [3.05, 3.63) is 51.7 Å². The van der Waals surface area contributed by atoms with E-state index in [0.29, 0.717) is 23.5 Å². The number of esters is 1. The SMILES string of the molecule is C[C@@H](OC(=O)[C@H]1CCCN1C(=O)c1cccs1)C(=O)Nc1ccc2c(c1)CCC2. The highest BCUT2D eigenvalue weighted by Crippen LogP contribution is 2.26. The smallest absolute Gasteiger partial charge is 0.329 e. The quantitative estimate of drug-likeness (QED) is 0.764. The van der Waals surface area contributed by atoms with Crippen molar-refractivity contribution in [3.63, 3.8) is 0 Å². The van der Waals surface area contributed by atoms with Crippen molar-refractivity contribution in [1.82, 2.24) is 4.90 Å². The van der Waals surface area contributed by atoms with E-state index in [2.05, 4.69) is 5.32 Å². The minimum atomic E-state index is -0.935. The standard InChI is InChI=1S/C22H24N2O4S/c1-14(20(25)23-17-10-9-15-5-2-6-16(15)13-17)28-22(27)18-7-3-11-24(18)21(26)19-8-4-12-29-19/h4,8-10,12-14,18H,2-3,5-7,11H2,1H3,(H,23,25)/t14-,18-/m1/s1. The maximum atomic E-state index is 12.7. The number of carbonyl (C=O) groups excluding carboxylic acids is 3. The molecule has 0 spiro atoms. The highest BCUT2D eigenvalue weighted by atomic mass is 32.1. The molecule has 2 aromatic rings. The summed E-state index contributed by atoms with van der Waals surface area (Å²) in [5.41, 5.74) is 3.31. The second kappa shape index (κ2) is 8.37. The van der Waals surface area contributed by atoms with E-state index in [1.807, 2.05) is 29.6 Å². The molecule has 0 unspecified atom stereocenters. The lowest BCUT2D eigenvalue weighted by atomic mass is 10.1. The van der Waals surface area contributed by atoms with Crippen LogP contribution < -0.4 is 5.32 Å². The van der Waals surface area contributed by atoms with Gasteiger partial charge in [-0.1, -0.05) is 12.1 Å². The molecule has 2 atom stereocenters. The fourth-order valence-corrected chi connectivity index (χ4v) is 4.68. The third-order valence-electron chi connectivity index (χ3n) is 5.55. The van der Waals surface area contributed by atoms with Crippen LogP contribution in [0.5, 0.6) is 0 Å². The maximum absolute atomic E-state index is 12.7. The molecule has 2 amide bonds. The number of hydrogen-bond donors (Lipinski definition) is 1. The van der Waals surface area contributed by atoms with Gasteiger partial charge in [0.25, 0.3) is 11.8 Å². The molecular formula is C22H24N2O4S. The highest BCUT2D eigenvalue weighted by molar-refractivity contribution is 7.12. The number of anilines is 1. The van der Waals surface area contributed by atoms with Gasteiger partial charge in [-0.05, 0) is 73.7 Å². The fraction of sp³-hybridized carbons (Fsp3) is 0.409. The first-order valence-electron chi connectivity index (χ1n) is 10.0. The van der Waals surface area contributed by atoms with Gasteiger partial charge < -0.3 is 15.0 Å². The van der Waals surface area contributed by atoms with E-state index in [1.54, 1.807) is 17.9 Å². The third-order valence-corrected chi connectivity index (χ3v) is 6.40. The summed E-state index contributed by atoms with van der Waals surface area (Å²) in [6.07, 6.45) is 3.61. The number of likely N-dealkylation sites (tertiary alicyclic amines) is 1. The predicted octanol–water partition coefficient (Wildman–Crippen LogP) is 3.41. The number of aryl methyl sites for hydroxylation is 2. The van der Waals surface area contributed by atoms with Crippen LogP contribution in [-0.2, 0) is 27.2 Å². The zero-order chi connectivity index (χ0) is 20.4. The minimum absolute atomic E-state index is 0.158. The number of amides is 2. The zero-order valence-electron chi connectivity index (χ0n) is 16.3. The topological polar surface area (TPSA) is 75.7 Å². The molecule has 152 valence electrons. The number of rotatable bonds is 5. The van der Waals surface area contributed by atoms with Crippen LogP contribution in [0.4, 0.5) is 5.69 Å². The van der Waals surface area contributed by atoms with E-state index in [9.17, 15) is 14.4 Å². The van der Waals surface area contributed by atoms with E-state index >= 15 is 0 Å². The van der Waals surface area contributed by atoms with Crippen molar-refractivity contribution in [2.24, 2.45) is 0 Å². The molecule has 7 heteroatoms. The Morgan fingerprint density at radius 1 is 1.17 bits per heavy atom. The monoisotopic (exact) mass is 412 g/mol. The first kappa shape index (κ1) is 19.6. The van der Waals surface area contributed by atoms with E-state index < -0.39 is 18.1 Å². The van der Waals surface area contributed by atoms with Crippen LogP contribution in [-0.4, -0.2) is 41.4 Å². The van der Waals surface area contributed by atoms with Gasteiger partial charge in [0.05, 0.1) is 4.88 Å². The third kappa shape index (κ3) is 4.19. The number of thiophene rings is 1. The van der Waals surface area contributed by atoms with Crippen LogP contribution in [0.1, 0.15) is 47.0 Å². The number of nitrogens with one attached hydrogen (secondary N) is 1. The molecule has 1 aliphatic carbocycles. The van der Waals surface area contributed by atoms with Crippen molar-refractivity contribution in [2.75, 3.05) is 11.9 Å². The second-order valence-corrected chi connectivity index (χ2v) is 8.49. The van der Waals surface area contributed by atoms with Gasteiger partial charge >= 0.3 is 5.97 Å². The number of benzene rings is 1. The Hall–Kier alpha value is -2.67.